The fraction of sp³-hybridized carbons (Fsp3) is 0.381. The molecule has 0 bridgehead atoms. The molecule has 0 radical (unpaired) electrons. The maximum atomic E-state index is 12.3. The molecule has 1 heterocycles. The quantitative estimate of drug-likeness (QED) is 0.518. The number of anilines is 1. The number of benzene rings is 2. The smallest absolute Gasteiger partial charge is 0.191 e. The van der Waals surface area contributed by atoms with E-state index >= 15 is 0 Å². The Hall–Kier alpha value is -2.25. The monoisotopic (exact) mass is 434 g/mol. The topological polar surface area (TPSA) is 66.0 Å². The first-order valence-corrected chi connectivity index (χ1v) is 11.3. The van der Waals surface area contributed by atoms with Crippen molar-refractivity contribution in [1.29, 1.82) is 0 Å². The first kappa shape index (κ1) is 21.5. The zero-order chi connectivity index (χ0) is 20.6. The summed E-state index contributed by atoms with van der Waals surface area (Å²) in [6, 6.07) is 15.4. The minimum atomic E-state index is -1.02. The lowest BCUT2D eigenvalue weighted by Gasteiger charge is -2.22. The summed E-state index contributed by atoms with van der Waals surface area (Å²) in [6.45, 7) is 2.32. The van der Waals surface area contributed by atoms with Gasteiger partial charge >= 0.3 is 0 Å². The summed E-state index contributed by atoms with van der Waals surface area (Å²) < 4.78 is 17.8. The van der Waals surface area contributed by atoms with Crippen LogP contribution in [0.25, 0.3) is 0 Å². The highest BCUT2D eigenvalue weighted by Gasteiger charge is 2.25. The van der Waals surface area contributed by atoms with Gasteiger partial charge in [0.2, 0.25) is 0 Å². The molecule has 0 saturated carbocycles. The number of halogens is 1. The van der Waals surface area contributed by atoms with Gasteiger partial charge in [0, 0.05) is 48.4 Å². The van der Waals surface area contributed by atoms with Crippen LogP contribution in [0.15, 0.2) is 58.4 Å². The lowest BCUT2D eigenvalue weighted by atomic mass is 10.2. The zero-order valence-corrected chi connectivity index (χ0v) is 18.3. The van der Waals surface area contributed by atoms with E-state index in [2.05, 4.69) is 20.5 Å². The Morgan fingerprint density at radius 1 is 1.31 bits per heavy atom. The second-order valence-corrected chi connectivity index (χ2v) is 8.76. The molecular weight excluding hydrogens is 408 g/mol. The van der Waals surface area contributed by atoms with Crippen LogP contribution < -0.4 is 20.3 Å². The van der Waals surface area contributed by atoms with Crippen molar-refractivity contribution in [2.24, 2.45) is 4.99 Å². The van der Waals surface area contributed by atoms with E-state index in [9.17, 15) is 4.21 Å². The molecule has 1 fully saturated rings. The molecule has 1 saturated heterocycles. The first-order chi connectivity index (χ1) is 14.1. The summed E-state index contributed by atoms with van der Waals surface area (Å²) in [6.07, 6.45) is 0.978. The molecule has 0 amide bonds. The SMILES string of the molecule is CN=C(NCCS(=O)c1ccccc1)NC1CCN(c2cc(Cl)ccc2OC)C1. The van der Waals surface area contributed by atoms with E-state index in [0.29, 0.717) is 17.3 Å². The molecule has 2 aromatic rings. The third-order valence-electron chi connectivity index (χ3n) is 4.82. The molecule has 6 nitrogen and oxygen atoms in total. The van der Waals surface area contributed by atoms with Gasteiger partial charge in [-0.1, -0.05) is 29.8 Å². The molecule has 8 heteroatoms. The van der Waals surface area contributed by atoms with Crippen LogP contribution in [-0.2, 0) is 10.8 Å². The van der Waals surface area contributed by atoms with Gasteiger partial charge in [-0.2, -0.15) is 0 Å². The standard InChI is InChI=1S/C21H27ClN4O2S/c1-23-21(24-11-13-29(27)18-6-4-3-5-7-18)25-17-10-12-26(15-17)19-14-16(22)8-9-20(19)28-2/h3-9,14,17H,10-13,15H2,1-2H3,(H2,23,24,25). The molecule has 0 aliphatic carbocycles. The Kier molecular flexibility index (Phi) is 7.77. The number of hydrogen-bond donors (Lipinski definition) is 2. The molecule has 2 atom stereocenters. The fourth-order valence-corrected chi connectivity index (χ4v) is 4.50. The van der Waals surface area contributed by atoms with Crippen LogP contribution in [0.4, 0.5) is 5.69 Å². The van der Waals surface area contributed by atoms with Gasteiger partial charge in [0.1, 0.15) is 5.75 Å². The second-order valence-electron chi connectivity index (χ2n) is 6.75. The average Bonchev–Trinajstić information content (AvgIpc) is 3.22. The summed E-state index contributed by atoms with van der Waals surface area (Å²) in [5.74, 6) is 2.07. The van der Waals surface area contributed by atoms with Crippen LogP contribution in [0, 0.1) is 0 Å². The summed E-state index contributed by atoms with van der Waals surface area (Å²) >= 11 is 6.17. The van der Waals surface area contributed by atoms with Crippen LogP contribution >= 0.6 is 11.6 Å². The highest BCUT2D eigenvalue weighted by Crippen LogP contribution is 2.33. The Bertz CT molecular complexity index is 863. The third kappa shape index (κ3) is 5.87. The highest BCUT2D eigenvalue weighted by molar-refractivity contribution is 7.85. The molecular formula is C21H27ClN4O2S. The number of rotatable bonds is 7. The largest absolute Gasteiger partial charge is 0.495 e. The lowest BCUT2D eigenvalue weighted by Crippen LogP contribution is -2.45. The minimum absolute atomic E-state index is 0.254. The van der Waals surface area contributed by atoms with E-state index in [1.54, 1.807) is 14.2 Å². The van der Waals surface area contributed by atoms with Crippen molar-refractivity contribution in [3.05, 3.63) is 53.6 Å². The van der Waals surface area contributed by atoms with Crippen molar-refractivity contribution >= 4 is 34.0 Å². The van der Waals surface area contributed by atoms with E-state index in [-0.39, 0.29) is 6.04 Å². The van der Waals surface area contributed by atoms with Crippen LogP contribution in [-0.4, -0.2) is 55.8 Å². The first-order valence-electron chi connectivity index (χ1n) is 9.60. The maximum Gasteiger partial charge on any atom is 0.191 e. The molecule has 1 aliphatic rings. The summed E-state index contributed by atoms with van der Waals surface area (Å²) in [5, 5.41) is 7.42. The lowest BCUT2D eigenvalue weighted by molar-refractivity contribution is 0.415. The van der Waals surface area contributed by atoms with Crippen LogP contribution in [0.3, 0.4) is 0 Å². The van der Waals surface area contributed by atoms with Crippen molar-refractivity contribution in [3.8, 4) is 5.75 Å². The molecule has 2 unspecified atom stereocenters. The van der Waals surface area contributed by atoms with Crippen LogP contribution in [0.2, 0.25) is 5.02 Å². The molecule has 0 aromatic heterocycles. The molecule has 2 N–H and O–H groups in total. The molecule has 29 heavy (non-hydrogen) atoms. The molecule has 1 aliphatic heterocycles. The van der Waals surface area contributed by atoms with Crippen molar-refractivity contribution in [2.45, 2.75) is 17.4 Å². The third-order valence-corrected chi connectivity index (χ3v) is 6.43. The summed E-state index contributed by atoms with van der Waals surface area (Å²) in [5.41, 5.74) is 1.01. The summed E-state index contributed by atoms with van der Waals surface area (Å²) in [4.78, 5) is 7.41. The number of hydrogen-bond acceptors (Lipinski definition) is 4. The van der Waals surface area contributed by atoms with Crippen LogP contribution in [0.1, 0.15) is 6.42 Å². The van der Waals surface area contributed by atoms with Gasteiger partial charge < -0.3 is 20.3 Å². The van der Waals surface area contributed by atoms with E-state index < -0.39 is 10.8 Å². The Morgan fingerprint density at radius 3 is 2.83 bits per heavy atom. The van der Waals surface area contributed by atoms with Gasteiger partial charge in [0.15, 0.2) is 5.96 Å². The van der Waals surface area contributed by atoms with E-state index in [1.165, 1.54) is 0 Å². The summed E-state index contributed by atoms with van der Waals surface area (Å²) in [7, 11) is 2.39. The normalized spacial score (nSPS) is 17.8. The number of methoxy groups -OCH3 is 1. The number of guanidine groups is 1. The van der Waals surface area contributed by atoms with Gasteiger partial charge in [-0.3, -0.25) is 9.20 Å². The average molecular weight is 435 g/mol. The molecule has 3 rings (SSSR count). The predicted octanol–water partition coefficient (Wildman–Crippen LogP) is 2.90. The van der Waals surface area contributed by atoms with E-state index in [0.717, 1.165) is 41.8 Å². The van der Waals surface area contributed by atoms with Gasteiger partial charge in [0.25, 0.3) is 0 Å². The van der Waals surface area contributed by atoms with Crippen LogP contribution in [0.5, 0.6) is 5.75 Å². The Morgan fingerprint density at radius 2 is 2.10 bits per heavy atom. The maximum absolute atomic E-state index is 12.3. The van der Waals surface area contributed by atoms with Crippen molar-refractivity contribution in [3.63, 3.8) is 0 Å². The Labute approximate surface area is 179 Å². The van der Waals surface area contributed by atoms with Crippen molar-refractivity contribution in [2.75, 3.05) is 44.4 Å². The Balaban J connectivity index is 1.49. The number of nitrogens with one attached hydrogen (secondary N) is 2. The van der Waals surface area contributed by atoms with E-state index in [1.807, 2.05) is 48.5 Å². The van der Waals surface area contributed by atoms with Crippen molar-refractivity contribution in [1.82, 2.24) is 10.6 Å². The number of ether oxygens (including phenoxy) is 1. The van der Waals surface area contributed by atoms with Gasteiger partial charge in [-0.05, 0) is 36.8 Å². The van der Waals surface area contributed by atoms with Crippen molar-refractivity contribution < 1.29 is 8.95 Å². The number of aliphatic imine (C=N–C) groups is 1. The minimum Gasteiger partial charge on any atom is -0.495 e. The predicted molar refractivity (Wildman–Crippen MR) is 121 cm³/mol. The zero-order valence-electron chi connectivity index (χ0n) is 16.7. The number of nitrogens with zero attached hydrogens (tertiary/aromatic N) is 2. The van der Waals surface area contributed by atoms with Gasteiger partial charge in [0.05, 0.1) is 23.6 Å². The highest BCUT2D eigenvalue weighted by atomic mass is 35.5. The van der Waals surface area contributed by atoms with Gasteiger partial charge in [-0.25, -0.2) is 0 Å². The molecule has 0 spiro atoms. The molecule has 156 valence electrons. The van der Waals surface area contributed by atoms with E-state index in [4.69, 9.17) is 16.3 Å². The second kappa shape index (κ2) is 10.5. The van der Waals surface area contributed by atoms with Gasteiger partial charge in [-0.15, -0.1) is 0 Å². The fourth-order valence-electron chi connectivity index (χ4n) is 3.35. The molecule has 2 aromatic carbocycles.